The number of hydrogen-bond donors (Lipinski definition) is 0. The van der Waals surface area contributed by atoms with E-state index in [-0.39, 0.29) is 0 Å². The van der Waals surface area contributed by atoms with Gasteiger partial charge in [0.1, 0.15) is 0 Å². The van der Waals surface area contributed by atoms with E-state index in [2.05, 4.69) is 16.9 Å². The summed E-state index contributed by atoms with van der Waals surface area (Å²) in [6.07, 6.45) is 11.7. The number of alkyl halides is 3. The molecule has 158 valence electrons. The highest BCUT2D eigenvalue weighted by Crippen LogP contribution is 2.43. The van der Waals surface area contributed by atoms with Crippen molar-refractivity contribution in [1.29, 1.82) is 0 Å². The molecule has 6 heteroatoms. The molecule has 2 fully saturated rings. The van der Waals surface area contributed by atoms with Crippen LogP contribution in [-0.2, 0) is 10.9 Å². The van der Waals surface area contributed by atoms with Crippen LogP contribution in [0.15, 0.2) is 12.4 Å². The summed E-state index contributed by atoms with van der Waals surface area (Å²) in [5.74, 6) is 0.809. The third-order valence-corrected chi connectivity index (χ3v) is 6.66. The molecule has 2 aliphatic rings. The van der Waals surface area contributed by atoms with E-state index in [0.29, 0.717) is 12.0 Å². The van der Waals surface area contributed by atoms with Gasteiger partial charge < -0.3 is 4.74 Å². The fourth-order valence-corrected chi connectivity index (χ4v) is 4.95. The summed E-state index contributed by atoms with van der Waals surface area (Å²) in [5, 5.41) is 0. The van der Waals surface area contributed by atoms with Crippen LogP contribution in [0.25, 0.3) is 0 Å². The monoisotopic (exact) mass is 398 g/mol. The summed E-state index contributed by atoms with van der Waals surface area (Å²) in [5.41, 5.74) is 0.857. The van der Waals surface area contributed by atoms with Crippen LogP contribution in [0.2, 0.25) is 0 Å². The quantitative estimate of drug-likeness (QED) is 0.490. The fourth-order valence-electron chi connectivity index (χ4n) is 4.95. The molecule has 0 radical (unpaired) electrons. The van der Waals surface area contributed by atoms with Gasteiger partial charge in [-0.15, -0.1) is 0 Å². The van der Waals surface area contributed by atoms with Crippen molar-refractivity contribution in [2.24, 2.45) is 11.8 Å². The zero-order valence-corrected chi connectivity index (χ0v) is 16.9. The highest BCUT2D eigenvalue weighted by atomic mass is 19.4. The first-order valence-corrected chi connectivity index (χ1v) is 11.0. The van der Waals surface area contributed by atoms with Gasteiger partial charge in [0.2, 0.25) is 5.82 Å². The molecule has 0 atom stereocenters. The molecule has 1 aromatic rings. The minimum Gasteiger partial charge on any atom is -0.378 e. The van der Waals surface area contributed by atoms with Gasteiger partial charge in [0.25, 0.3) is 0 Å². The van der Waals surface area contributed by atoms with E-state index in [4.69, 9.17) is 4.74 Å². The number of halogens is 3. The average molecular weight is 399 g/mol. The molecule has 1 heterocycles. The first-order chi connectivity index (χ1) is 13.5. The molecule has 1 aromatic heterocycles. The molecule has 28 heavy (non-hydrogen) atoms. The smallest absolute Gasteiger partial charge is 0.378 e. The number of unbranched alkanes of at least 4 members (excludes halogenated alkanes) is 2. The molecular formula is C22H33F3N2O. The summed E-state index contributed by atoms with van der Waals surface area (Å²) in [6, 6.07) is 0. The standard InChI is InChI=1S/C22H33F3N2O/c1-2-3-4-13-28-20-11-9-17(10-12-20)16-5-7-18(8-6-16)19-14-26-21(27-15-19)22(23,24)25/h14-18,20H,2-13H2,1H3/t16?,17-,18?,20-. The highest BCUT2D eigenvalue weighted by Gasteiger charge is 2.35. The van der Waals surface area contributed by atoms with Crippen molar-refractivity contribution in [3.8, 4) is 0 Å². The molecule has 3 nitrogen and oxygen atoms in total. The van der Waals surface area contributed by atoms with Crippen molar-refractivity contribution in [3.63, 3.8) is 0 Å². The Hall–Kier alpha value is -1.17. The second kappa shape index (κ2) is 10.0. The van der Waals surface area contributed by atoms with Gasteiger partial charge >= 0.3 is 6.18 Å². The van der Waals surface area contributed by atoms with Crippen LogP contribution in [0, 0.1) is 11.8 Å². The number of ether oxygens (including phenoxy) is 1. The predicted molar refractivity (Wildman–Crippen MR) is 103 cm³/mol. The van der Waals surface area contributed by atoms with Crippen molar-refractivity contribution in [2.75, 3.05) is 6.61 Å². The van der Waals surface area contributed by atoms with Gasteiger partial charge in [-0.2, -0.15) is 13.2 Å². The maximum Gasteiger partial charge on any atom is 0.451 e. The summed E-state index contributed by atoms with van der Waals surface area (Å²) in [4.78, 5) is 7.06. The highest BCUT2D eigenvalue weighted by molar-refractivity contribution is 5.13. The van der Waals surface area contributed by atoms with E-state index in [1.807, 2.05) is 0 Å². The summed E-state index contributed by atoms with van der Waals surface area (Å²) < 4.78 is 43.9. The molecule has 0 aliphatic heterocycles. The molecule has 0 unspecified atom stereocenters. The van der Waals surface area contributed by atoms with E-state index >= 15 is 0 Å². The Labute approximate surface area is 166 Å². The topological polar surface area (TPSA) is 35.0 Å². The van der Waals surface area contributed by atoms with Crippen LogP contribution in [0.4, 0.5) is 13.2 Å². The Bertz CT molecular complexity index is 574. The van der Waals surface area contributed by atoms with E-state index in [1.54, 1.807) is 0 Å². The second-order valence-corrected chi connectivity index (χ2v) is 8.56. The van der Waals surface area contributed by atoms with Crippen LogP contribution < -0.4 is 0 Å². The number of rotatable bonds is 7. The summed E-state index contributed by atoms with van der Waals surface area (Å²) >= 11 is 0. The van der Waals surface area contributed by atoms with Gasteiger partial charge in [-0.25, -0.2) is 9.97 Å². The maximum absolute atomic E-state index is 12.6. The third kappa shape index (κ3) is 5.91. The largest absolute Gasteiger partial charge is 0.451 e. The molecule has 0 spiro atoms. The Morgan fingerprint density at radius 1 is 0.893 bits per heavy atom. The van der Waals surface area contributed by atoms with E-state index in [9.17, 15) is 13.2 Å². The third-order valence-electron chi connectivity index (χ3n) is 6.66. The SMILES string of the molecule is CCCCCO[C@H]1CC[C@H](C2CCC(c3cnc(C(F)(F)F)nc3)CC2)CC1. The van der Waals surface area contributed by atoms with E-state index in [0.717, 1.165) is 36.8 Å². The molecule has 2 saturated carbocycles. The van der Waals surface area contributed by atoms with Gasteiger partial charge in [-0.1, -0.05) is 19.8 Å². The van der Waals surface area contributed by atoms with Crippen LogP contribution in [-0.4, -0.2) is 22.7 Å². The Morgan fingerprint density at radius 3 is 2.00 bits per heavy atom. The van der Waals surface area contributed by atoms with Crippen molar-refractivity contribution in [1.82, 2.24) is 9.97 Å². The van der Waals surface area contributed by atoms with Gasteiger partial charge in [-0.3, -0.25) is 0 Å². The van der Waals surface area contributed by atoms with E-state index in [1.165, 1.54) is 70.2 Å². The van der Waals surface area contributed by atoms with Gasteiger partial charge in [0.05, 0.1) is 6.10 Å². The minimum absolute atomic E-state index is 0.303. The van der Waals surface area contributed by atoms with Crippen molar-refractivity contribution in [3.05, 3.63) is 23.8 Å². The Balaban J connectivity index is 1.40. The minimum atomic E-state index is -4.46. The first-order valence-electron chi connectivity index (χ1n) is 11.0. The molecule has 3 rings (SSSR count). The average Bonchev–Trinajstić information content (AvgIpc) is 2.71. The van der Waals surface area contributed by atoms with Crippen molar-refractivity contribution < 1.29 is 17.9 Å². The molecule has 0 N–H and O–H groups in total. The molecule has 0 amide bonds. The second-order valence-electron chi connectivity index (χ2n) is 8.56. The zero-order chi connectivity index (χ0) is 20.0. The lowest BCUT2D eigenvalue weighted by molar-refractivity contribution is -0.145. The number of nitrogens with zero attached hydrogens (tertiary/aromatic N) is 2. The van der Waals surface area contributed by atoms with Crippen molar-refractivity contribution >= 4 is 0 Å². The number of hydrogen-bond acceptors (Lipinski definition) is 3. The Kier molecular flexibility index (Phi) is 7.72. The zero-order valence-electron chi connectivity index (χ0n) is 16.9. The molecule has 0 bridgehead atoms. The Morgan fingerprint density at radius 2 is 1.46 bits per heavy atom. The first kappa shape index (κ1) is 21.5. The molecule has 2 aliphatic carbocycles. The van der Waals surface area contributed by atoms with Crippen LogP contribution in [0.3, 0.4) is 0 Å². The van der Waals surface area contributed by atoms with Crippen LogP contribution in [0.5, 0.6) is 0 Å². The summed E-state index contributed by atoms with van der Waals surface area (Å²) in [7, 11) is 0. The normalized spacial score (nSPS) is 29.0. The number of aromatic nitrogens is 2. The van der Waals surface area contributed by atoms with Gasteiger partial charge in [0.15, 0.2) is 0 Å². The van der Waals surface area contributed by atoms with Crippen molar-refractivity contribution in [2.45, 2.75) is 95.8 Å². The molecule has 0 saturated heterocycles. The lowest BCUT2D eigenvalue weighted by Gasteiger charge is -2.37. The van der Waals surface area contributed by atoms with Crippen LogP contribution in [0.1, 0.15) is 94.9 Å². The predicted octanol–water partition coefficient (Wildman–Crippen LogP) is 6.53. The van der Waals surface area contributed by atoms with Crippen LogP contribution >= 0.6 is 0 Å². The lowest BCUT2D eigenvalue weighted by atomic mass is 9.70. The maximum atomic E-state index is 12.6. The lowest BCUT2D eigenvalue weighted by Crippen LogP contribution is -2.28. The summed E-state index contributed by atoms with van der Waals surface area (Å²) in [6.45, 7) is 3.12. The molecular weight excluding hydrogens is 365 g/mol. The molecule has 0 aromatic carbocycles. The van der Waals surface area contributed by atoms with Gasteiger partial charge in [0, 0.05) is 19.0 Å². The van der Waals surface area contributed by atoms with Gasteiger partial charge in [-0.05, 0) is 81.1 Å². The fraction of sp³-hybridized carbons (Fsp3) is 0.818. The van der Waals surface area contributed by atoms with E-state index < -0.39 is 12.0 Å².